The van der Waals surface area contributed by atoms with Crippen LogP contribution in [0.15, 0.2) is 48.5 Å². The highest BCUT2D eigenvalue weighted by molar-refractivity contribution is 6.19. The zero-order valence-electron chi connectivity index (χ0n) is 16.0. The van der Waals surface area contributed by atoms with Crippen molar-refractivity contribution in [2.75, 3.05) is 17.3 Å². The van der Waals surface area contributed by atoms with E-state index in [2.05, 4.69) is 5.32 Å². The first-order valence-corrected chi connectivity index (χ1v) is 9.01. The Morgan fingerprint density at radius 1 is 0.966 bits per heavy atom. The summed E-state index contributed by atoms with van der Waals surface area (Å²) in [4.78, 5) is 49.2. The molecule has 8 nitrogen and oxygen atoms in total. The second-order valence-corrected chi connectivity index (χ2v) is 6.44. The Balaban J connectivity index is 1.59. The van der Waals surface area contributed by atoms with Gasteiger partial charge in [-0.15, -0.1) is 0 Å². The number of nitrogens with zero attached hydrogens (tertiary/aromatic N) is 1. The first-order valence-electron chi connectivity index (χ1n) is 9.01. The van der Waals surface area contributed by atoms with Crippen LogP contribution < -0.4 is 15.0 Å². The van der Waals surface area contributed by atoms with E-state index in [-0.39, 0.29) is 30.2 Å². The van der Waals surface area contributed by atoms with Gasteiger partial charge in [0.1, 0.15) is 5.75 Å². The average molecular weight is 396 g/mol. The number of nitrogens with one attached hydrogen (secondary N) is 1. The van der Waals surface area contributed by atoms with Crippen LogP contribution in [0, 0.1) is 0 Å². The van der Waals surface area contributed by atoms with Crippen LogP contribution in [0.3, 0.4) is 0 Å². The molecule has 1 heterocycles. The molecule has 29 heavy (non-hydrogen) atoms. The van der Waals surface area contributed by atoms with Gasteiger partial charge in [-0.25, -0.2) is 4.79 Å². The second kappa shape index (κ2) is 8.55. The van der Waals surface area contributed by atoms with E-state index in [1.165, 1.54) is 31.2 Å². The van der Waals surface area contributed by atoms with Crippen LogP contribution in [0.5, 0.6) is 5.75 Å². The molecular weight excluding hydrogens is 376 g/mol. The van der Waals surface area contributed by atoms with Crippen molar-refractivity contribution < 1.29 is 28.7 Å². The van der Waals surface area contributed by atoms with Crippen LogP contribution in [0.1, 0.15) is 30.1 Å². The van der Waals surface area contributed by atoms with E-state index in [9.17, 15) is 19.2 Å². The van der Waals surface area contributed by atoms with E-state index >= 15 is 0 Å². The van der Waals surface area contributed by atoms with Crippen molar-refractivity contribution in [3.05, 3.63) is 54.1 Å². The van der Waals surface area contributed by atoms with Gasteiger partial charge in [0.25, 0.3) is 5.91 Å². The van der Waals surface area contributed by atoms with E-state index < -0.39 is 18.0 Å². The van der Waals surface area contributed by atoms with Gasteiger partial charge in [-0.05, 0) is 55.5 Å². The Hall–Kier alpha value is -3.68. The molecule has 1 saturated heterocycles. The van der Waals surface area contributed by atoms with Gasteiger partial charge >= 0.3 is 5.97 Å². The van der Waals surface area contributed by atoms with Gasteiger partial charge in [0.05, 0.1) is 18.4 Å². The Morgan fingerprint density at radius 2 is 1.55 bits per heavy atom. The number of esters is 1. The fraction of sp³-hybridized carbons (Fsp3) is 0.238. The molecule has 3 rings (SSSR count). The quantitative estimate of drug-likeness (QED) is 0.595. The van der Waals surface area contributed by atoms with Crippen LogP contribution in [0.25, 0.3) is 0 Å². The molecule has 1 atom stereocenters. The zero-order chi connectivity index (χ0) is 21.0. The maximum absolute atomic E-state index is 12.3. The predicted molar refractivity (Wildman–Crippen MR) is 105 cm³/mol. The topological polar surface area (TPSA) is 102 Å². The molecule has 0 aliphatic carbocycles. The molecule has 0 unspecified atom stereocenters. The molecule has 1 aliphatic heterocycles. The second-order valence-electron chi connectivity index (χ2n) is 6.44. The number of hydrogen-bond acceptors (Lipinski definition) is 6. The average Bonchev–Trinajstić information content (AvgIpc) is 3.06. The summed E-state index contributed by atoms with van der Waals surface area (Å²) in [6, 6.07) is 12.6. The van der Waals surface area contributed by atoms with Gasteiger partial charge < -0.3 is 14.8 Å². The number of anilines is 2. The number of hydrogen-bond donors (Lipinski definition) is 1. The van der Waals surface area contributed by atoms with Crippen molar-refractivity contribution in [2.24, 2.45) is 0 Å². The first-order chi connectivity index (χ1) is 13.9. The van der Waals surface area contributed by atoms with Gasteiger partial charge in [-0.1, -0.05) is 0 Å². The summed E-state index contributed by atoms with van der Waals surface area (Å²) in [5, 5.41) is 2.65. The first kappa shape index (κ1) is 20.1. The van der Waals surface area contributed by atoms with Crippen molar-refractivity contribution in [1.82, 2.24) is 0 Å². The monoisotopic (exact) mass is 396 g/mol. The molecule has 1 N–H and O–H groups in total. The molecule has 8 heteroatoms. The number of carbonyl (C=O) groups excluding carboxylic acids is 4. The summed E-state index contributed by atoms with van der Waals surface area (Å²) in [5.74, 6) is -1.05. The smallest absolute Gasteiger partial charge is 0.338 e. The molecule has 150 valence electrons. The Bertz CT molecular complexity index is 921. The van der Waals surface area contributed by atoms with Gasteiger partial charge in [0.2, 0.25) is 11.8 Å². The van der Waals surface area contributed by atoms with Crippen LogP contribution in [0.2, 0.25) is 0 Å². The highest BCUT2D eigenvalue weighted by Gasteiger charge is 2.30. The molecule has 0 bridgehead atoms. The van der Waals surface area contributed by atoms with Crippen molar-refractivity contribution in [3.63, 3.8) is 0 Å². The number of imide groups is 1. The molecule has 1 fully saturated rings. The maximum Gasteiger partial charge on any atom is 0.338 e. The van der Waals surface area contributed by atoms with Gasteiger partial charge in [-0.2, -0.15) is 0 Å². The summed E-state index contributed by atoms with van der Waals surface area (Å²) in [6.07, 6.45) is -0.654. The van der Waals surface area contributed by atoms with E-state index in [1.807, 2.05) is 0 Å². The minimum atomic E-state index is -1.02. The lowest BCUT2D eigenvalue weighted by Gasteiger charge is -2.15. The predicted octanol–water partition coefficient (Wildman–Crippen LogP) is 2.53. The van der Waals surface area contributed by atoms with Crippen LogP contribution >= 0.6 is 0 Å². The third-order valence-electron chi connectivity index (χ3n) is 4.42. The molecule has 0 aromatic heterocycles. The molecule has 1 aliphatic rings. The van der Waals surface area contributed by atoms with Crippen molar-refractivity contribution >= 4 is 35.1 Å². The van der Waals surface area contributed by atoms with Gasteiger partial charge in [-0.3, -0.25) is 19.3 Å². The fourth-order valence-electron chi connectivity index (χ4n) is 2.81. The van der Waals surface area contributed by atoms with Crippen LogP contribution in [0.4, 0.5) is 11.4 Å². The fourth-order valence-corrected chi connectivity index (χ4v) is 2.81. The molecule has 3 amide bonds. The third kappa shape index (κ3) is 4.60. The third-order valence-corrected chi connectivity index (χ3v) is 4.42. The minimum Gasteiger partial charge on any atom is -0.497 e. The molecule has 0 spiro atoms. The highest BCUT2D eigenvalue weighted by Crippen LogP contribution is 2.23. The molecular formula is C21H20N2O6. The van der Waals surface area contributed by atoms with Crippen LogP contribution in [-0.4, -0.2) is 36.9 Å². The van der Waals surface area contributed by atoms with Crippen LogP contribution in [-0.2, 0) is 19.1 Å². The Kier molecular flexibility index (Phi) is 5.92. The number of ether oxygens (including phenoxy) is 2. The number of methoxy groups -OCH3 is 1. The van der Waals surface area contributed by atoms with Crippen molar-refractivity contribution in [1.29, 1.82) is 0 Å². The number of rotatable bonds is 6. The van der Waals surface area contributed by atoms with E-state index in [0.717, 1.165) is 4.90 Å². The number of benzene rings is 2. The van der Waals surface area contributed by atoms with Crippen molar-refractivity contribution in [3.8, 4) is 5.75 Å². The molecule has 2 aromatic rings. The number of amides is 3. The molecule has 0 radical (unpaired) electrons. The summed E-state index contributed by atoms with van der Waals surface area (Å²) >= 11 is 0. The summed E-state index contributed by atoms with van der Waals surface area (Å²) in [7, 11) is 1.54. The summed E-state index contributed by atoms with van der Waals surface area (Å²) in [5.41, 5.74) is 1.15. The van der Waals surface area contributed by atoms with E-state index in [1.54, 1.807) is 31.4 Å². The number of carbonyl (C=O) groups is 4. The van der Waals surface area contributed by atoms with E-state index in [0.29, 0.717) is 17.1 Å². The molecule has 0 saturated carbocycles. The summed E-state index contributed by atoms with van der Waals surface area (Å²) < 4.78 is 10.3. The standard InChI is InChI=1S/C21H20N2O6/c1-13(20(26)22-15-5-9-17(28-2)10-6-15)29-21(27)14-3-7-16(8-4-14)23-18(24)11-12-19(23)25/h3-10,13H,11-12H2,1-2H3,(H,22,26)/t13-/m0/s1. The summed E-state index contributed by atoms with van der Waals surface area (Å²) in [6.45, 7) is 1.46. The van der Waals surface area contributed by atoms with E-state index in [4.69, 9.17) is 9.47 Å². The van der Waals surface area contributed by atoms with Crippen molar-refractivity contribution in [2.45, 2.75) is 25.9 Å². The Labute approximate surface area is 167 Å². The van der Waals surface area contributed by atoms with Gasteiger partial charge in [0.15, 0.2) is 6.10 Å². The SMILES string of the molecule is COc1ccc(NC(=O)[C@H](C)OC(=O)c2ccc(N3C(=O)CCC3=O)cc2)cc1. The Morgan fingerprint density at radius 3 is 2.10 bits per heavy atom. The minimum absolute atomic E-state index is 0.184. The molecule has 2 aromatic carbocycles. The lowest BCUT2D eigenvalue weighted by molar-refractivity contribution is -0.124. The van der Waals surface area contributed by atoms with Gasteiger partial charge in [0, 0.05) is 18.5 Å². The maximum atomic E-state index is 12.3. The largest absolute Gasteiger partial charge is 0.497 e. The zero-order valence-corrected chi connectivity index (χ0v) is 16.0. The normalized spacial score (nSPS) is 14.5. The lowest BCUT2D eigenvalue weighted by atomic mass is 10.2. The lowest BCUT2D eigenvalue weighted by Crippen LogP contribution is -2.30. The highest BCUT2D eigenvalue weighted by atomic mass is 16.5.